The zero-order chi connectivity index (χ0) is 30.0. The molecule has 11 heteroatoms. The second-order valence-corrected chi connectivity index (χ2v) is 10.3. The minimum atomic E-state index is -0.245. The lowest BCUT2D eigenvalue weighted by Gasteiger charge is -2.32. The van der Waals surface area contributed by atoms with Crippen molar-refractivity contribution in [3.05, 3.63) is 96.9 Å². The van der Waals surface area contributed by atoms with Crippen LogP contribution in [0.25, 0.3) is 16.4 Å². The molecule has 0 saturated carbocycles. The van der Waals surface area contributed by atoms with E-state index in [4.69, 9.17) is 10.5 Å². The third-order valence-corrected chi connectivity index (χ3v) is 7.41. The van der Waals surface area contributed by atoms with Gasteiger partial charge in [0.05, 0.1) is 30.4 Å². The van der Waals surface area contributed by atoms with Crippen LogP contribution >= 0.6 is 0 Å². The summed E-state index contributed by atoms with van der Waals surface area (Å²) in [6.45, 7) is 7.23. The van der Waals surface area contributed by atoms with Gasteiger partial charge in [-0.15, -0.1) is 0 Å². The fraction of sp³-hybridized carbons (Fsp3) is 0.281. The van der Waals surface area contributed by atoms with Crippen LogP contribution < -0.4 is 10.6 Å². The van der Waals surface area contributed by atoms with Crippen LogP contribution in [0.4, 0.5) is 15.9 Å². The Morgan fingerprint density at radius 1 is 1.07 bits per heavy atom. The largest absolute Gasteiger partial charge is 0.338 e. The van der Waals surface area contributed by atoms with Gasteiger partial charge in [-0.1, -0.05) is 18.7 Å². The van der Waals surface area contributed by atoms with Gasteiger partial charge in [0, 0.05) is 48.9 Å². The van der Waals surface area contributed by atoms with E-state index < -0.39 is 0 Å². The number of nitrogens with one attached hydrogen (secondary N) is 2. The van der Waals surface area contributed by atoms with Gasteiger partial charge in [-0.05, 0) is 73.5 Å². The number of nitriles is 2. The average Bonchev–Trinajstić information content (AvgIpc) is 3.62. The second-order valence-electron chi connectivity index (χ2n) is 10.3. The molecule has 4 heterocycles. The Labute approximate surface area is 249 Å². The highest BCUT2D eigenvalue weighted by Gasteiger charge is 2.20. The molecule has 218 valence electrons. The zero-order valence-corrected chi connectivity index (χ0v) is 23.8. The maximum Gasteiger partial charge on any atom is 0.158 e. The van der Waals surface area contributed by atoms with Crippen LogP contribution in [0.5, 0.6) is 0 Å². The fourth-order valence-electron chi connectivity index (χ4n) is 5.34. The lowest BCUT2D eigenvalue weighted by atomic mass is 10.0. The molecular weight excluding hydrogens is 543 g/mol. The summed E-state index contributed by atoms with van der Waals surface area (Å²) in [6, 6.07) is 19.2. The van der Waals surface area contributed by atoms with Crippen LogP contribution in [0.1, 0.15) is 30.4 Å². The number of piperidine rings is 1. The van der Waals surface area contributed by atoms with Crippen molar-refractivity contribution in [2.24, 2.45) is 0 Å². The molecule has 5 aromatic rings. The highest BCUT2D eigenvalue weighted by molar-refractivity contribution is 5.85. The van der Waals surface area contributed by atoms with Crippen LogP contribution in [0, 0.1) is 28.5 Å². The van der Waals surface area contributed by atoms with Gasteiger partial charge < -0.3 is 10.6 Å². The van der Waals surface area contributed by atoms with E-state index in [9.17, 15) is 4.39 Å². The molecule has 0 bridgehead atoms. The number of anilines is 2. The molecule has 0 atom stereocenters. The molecule has 2 aromatic carbocycles. The maximum atomic E-state index is 13.6. The van der Waals surface area contributed by atoms with Crippen LogP contribution in [0.15, 0.2) is 79.9 Å². The van der Waals surface area contributed by atoms with Gasteiger partial charge in [-0.2, -0.15) is 20.7 Å². The summed E-state index contributed by atoms with van der Waals surface area (Å²) >= 11 is 0. The van der Waals surface area contributed by atoms with Crippen molar-refractivity contribution in [3.8, 4) is 12.1 Å². The number of fused-ring (bicyclic) bond motifs is 2. The lowest BCUT2D eigenvalue weighted by molar-refractivity contribution is 0.192. The third kappa shape index (κ3) is 7.41. The zero-order valence-electron chi connectivity index (χ0n) is 23.8. The first-order valence-corrected chi connectivity index (χ1v) is 14.2. The summed E-state index contributed by atoms with van der Waals surface area (Å²) in [5.41, 5.74) is 4.90. The quantitative estimate of drug-likeness (QED) is 0.182. The summed E-state index contributed by atoms with van der Waals surface area (Å²) in [7, 11) is 0. The molecule has 1 aliphatic heterocycles. The molecule has 6 rings (SSSR count). The predicted octanol–water partition coefficient (Wildman–Crippen LogP) is 5.17. The molecule has 0 unspecified atom stereocenters. The van der Waals surface area contributed by atoms with Gasteiger partial charge >= 0.3 is 0 Å². The van der Waals surface area contributed by atoms with Gasteiger partial charge in [0.15, 0.2) is 5.82 Å². The van der Waals surface area contributed by atoms with Gasteiger partial charge in [-0.25, -0.2) is 13.9 Å². The smallest absolute Gasteiger partial charge is 0.158 e. The van der Waals surface area contributed by atoms with Crippen molar-refractivity contribution >= 4 is 27.9 Å². The van der Waals surface area contributed by atoms with Crippen LogP contribution in [-0.2, 0) is 13.1 Å². The van der Waals surface area contributed by atoms with Crippen LogP contribution in [0.3, 0.4) is 0 Å². The lowest BCUT2D eigenvalue weighted by Crippen LogP contribution is -2.42. The Bertz CT molecular complexity index is 1770. The number of hydrogen-bond donors (Lipinski definition) is 2. The number of hydrogen-bond acceptors (Lipinski definition) is 8. The number of aromatic nitrogens is 5. The molecule has 1 fully saturated rings. The van der Waals surface area contributed by atoms with Gasteiger partial charge in [-0.3, -0.25) is 9.58 Å². The minimum absolute atomic E-state index is 0.245. The number of likely N-dealkylation sites (tertiary alicyclic amines) is 1. The molecule has 0 spiro atoms. The van der Waals surface area contributed by atoms with Gasteiger partial charge in [0.1, 0.15) is 17.7 Å². The van der Waals surface area contributed by atoms with Gasteiger partial charge in [0.25, 0.3) is 0 Å². The standard InChI is InChI=1S/C29H30FN9.C3H3N/c30-24-4-1-3-21(15-24)18-39-27-6-5-26(16-23(27)17-34-39)36-29-28-22(7-14-38(28)35-20-33-29)19-37-12-8-25(9-13-37)32-11-2-10-31;1-2-3-4/h1,3-7,14-17,20,25,32H,2,8-9,11-13,18-19H2,(H,33,35,36);2H,1H2. The topological polar surface area (TPSA) is 123 Å². The first kappa shape index (κ1) is 29.4. The summed E-state index contributed by atoms with van der Waals surface area (Å²) in [6.07, 6.45) is 9.26. The molecule has 10 nitrogen and oxygen atoms in total. The molecule has 3 aromatic heterocycles. The van der Waals surface area contributed by atoms with E-state index in [2.05, 4.69) is 55.5 Å². The van der Waals surface area contributed by atoms with Crippen molar-refractivity contribution in [3.63, 3.8) is 0 Å². The van der Waals surface area contributed by atoms with Gasteiger partial charge in [0.2, 0.25) is 0 Å². The molecular formula is C32H33FN10. The summed E-state index contributed by atoms with van der Waals surface area (Å²) in [5.74, 6) is 0.509. The van der Waals surface area contributed by atoms with E-state index in [0.29, 0.717) is 19.0 Å². The maximum absolute atomic E-state index is 13.6. The molecule has 0 amide bonds. The minimum Gasteiger partial charge on any atom is -0.338 e. The molecule has 0 radical (unpaired) electrons. The van der Waals surface area contributed by atoms with E-state index in [-0.39, 0.29) is 5.82 Å². The number of benzene rings is 2. The second kappa shape index (κ2) is 14.2. The molecule has 2 N–H and O–H groups in total. The molecule has 1 aliphatic rings. The summed E-state index contributed by atoms with van der Waals surface area (Å²) in [5, 5.41) is 33.2. The summed E-state index contributed by atoms with van der Waals surface area (Å²) in [4.78, 5) is 7.04. The summed E-state index contributed by atoms with van der Waals surface area (Å²) < 4.78 is 17.4. The highest BCUT2D eigenvalue weighted by atomic mass is 19.1. The predicted molar refractivity (Wildman–Crippen MR) is 164 cm³/mol. The van der Waals surface area contributed by atoms with Crippen LogP contribution in [0.2, 0.25) is 0 Å². The Morgan fingerprint density at radius 3 is 2.67 bits per heavy atom. The number of rotatable bonds is 9. The third-order valence-electron chi connectivity index (χ3n) is 7.41. The Kier molecular flexibility index (Phi) is 9.70. The fourth-order valence-corrected chi connectivity index (χ4v) is 5.34. The van der Waals surface area contributed by atoms with Crippen molar-refractivity contribution in [2.75, 3.05) is 25.0 Å². The van der Waals surface area contributed by atoms with Crippen molar-refractivity contribution in [1.29, 1.82) is 10.5 Å². The number of halogens is 1. The SMILES string of the molecule is C=CC#N.N#CCCNC1CCN(Cc2ccn3ncnc(Nc4ccc5c(cnn5Cc5cccc(F)c5)c4)c23)CC1. The molecule has 43 heavy (non-hydrogen) atoms. The monoisotopic (exact) mass is 576 g/mol. The van der Waals surface area contributed by atoms with E-state index >= 15 is 0 Å². The van der Waals surface area contributed by atoms with Crippen molar-refractivity contribution in [2.45, 2.75) is 38.4 Å². The Morgan fingerprint density at radius 2 is 1.91 bits per heavy atom. The first-order valence-electron chi connectivity index (χ1n) is 14.2. The normalized spacial score (nSPS) is 13.7. The van der Waals surface area contributed by atoms with Crippen molar-refractivity contribution in [1.82, 2.24) is 34.6 Å². The average molecular weight is 577 g/mol. The Balaban J connectivity index is 0.000000868. The highest BCUT2D eigenvalue weighted by Crippen LogP contribution is 2.27. The van der Waals surface area contributed by atoms with E-state index in [0.717, 1.165) is 72.5 Å². The molecule has 1 saturated heterocycles. The Hall–Kier alpha value is -5.10. The number of nitrogens with zero attached hydrogens (tertiary/aromatic N) is 8. The van der Waals surface area contributed by atoms with E-state index in [1.165, 1.54) is 23.8 Å². The number of allylic oxidation sites excluding steroid dienone is 1. The molecule has 0 aliphatic carbocycles. The van der Waals surface area contributed by atoms with E-state index in [1.807, 2.05) is 39.8 Å². The first-order chi connectivity index (χ1) is 21.1. The van der Waals surface area contributed by atoms with Crippen LogP contribution in [-0.4, -0.2) is 55.0 Å². The van der Waals surface area contributed by atoms with E-state index in [1.54, 1.807) is 18.5 Å². The van der Waals surface area contributed by atoms with Crippen molar-refractivity contribution < 1.29 is 4.39 Å².